The highest BCUT2D eigenvalue weighted by molar-refractivity contribution is 6.32. The number of aliphatic carboxylic acids is 1. The van der Waals surface area contributed by atoms with Gasteiger partial charge in [0.15, 0.2) is 18.1 Å². The second kappa shape index (κ2) is 9.80. The lowest BCUT2D eigenvalue weighted by molar-refractivity contribution is -0.139. The molecule has 7 nitrogen and oxygen atoms in total. The third-order valence-corrected chi connectivity index (χ3v) is 3.81. The number of amides is 1. The Balaban J connectivity index is 2.01. The largest absolute Gasteiger partial charge is 0.493 e. The van der Waals surface area contributed by atoms with Gasteiger partial charge in [0.05, 0.1) is 24.8 Å². The number of carbonyl (C=O) groups is 2. The zero-order valence-electron chi connectivity index (χ0n) is 14.2. The van der Waals surface area contributed by atoms with Gasteiger partial charge in [0, 0.05) is 5.02 Å². The number of carboxylic acid groups (broad SMARTS) is 1. The number of hydrogen-bond acceptors (Lipinski definition) is 5. The first-order valence-corrected chi connectivity index (χ1v) is 8.43. The molecule has 0 fully saturated rings. The van der Waals surface area contributed by atoms with Gasteiger partial charge in [-0.2, -0.15) is 5.10 Å². The van der Waals surface area contributed by atoms with Gasteiger partial charge in [-0.05, 0) is 35.4 Å². The molecule has 27 heavy (non-hydrogen) atoms. The normalized spacial score (nSPS) is 10.6. The molecule has 2 N–H and O–H groups in total. The number of hydrogen-bond donors (Lipinski definition) is 2. The Bertz CT molecular complexity index is 854. The van der Waals surface area contributed by atoms with Crippen LogP contribution in [0.2, 0.25) is 10.0 Å². The monoisotopic (exact) mass is 410 g/mol. The molecule has 0 bridgehead atoms. The molecule has 0 radical (unpaired) electrons. The van der Waals surface area contributed by atoms with Crippen molar-refractivity contribution >= 4 is 41.3 Å². The number of rotatable bonds is 8. The SMILES string of the molecule is COc1cc(/C=N\NC(=O)Cc2ccc(Cl)cc2)cc(Cl)c1OCC(=O)O. The maximum absolute atomic E-state index is 11.9. The highest BCUT2D eigenvalue weighted by Gasteiger charge is 2.13. The highest BCUT2D eigenvalue weighted by atomic mass is 35.5. The van der Waals surface area contributed by atoms with Crippen molar-refractivity contribution in [1.82, 2.24) is 5.43 Å². The molecule has 9 heteroatoms. The highest BCUT2D eigenvalue weighted by Crippen LogP contribution is 2.36. The second-order valence-corrected chi connectivity index (χ2v) is 6.16. The molecule has 0 aliphatic rings. The van der Waals surface area contributed by atoms with E-state index >= 15 is 0 Å². The smallest absolute Gasteiger partial charge is 0.341 e. The van der Waals surface area contributed by atoms with E-state index in [0.717, 1.165) is 5.56 Å². The van der Waals surface area contributed by atoms with Gasteiger partial charge in [-0.25, -0.2) is 10.2 Å². The number of hydrazone groups is 1. The van der Waals surface area contributed by atoms with E-state index in [9.17, 15) is 9.59 Å². The Kier molecular flexibility index (Phi) is 7.45. The first-order chi connectivity index (χ1) is 12.9. The molecule has 2 rings (SSSR count). The van der Waals surface area contributed by atoms with Gasteiger partial charge < -0.3 is 14.6 Å². The summed E-state index contributed by atoms with van der Waals surface area (Å²) in [5.74, 6) is -1.07. The summed E-state index contributed by atoms with van der Waals surface area (Å²) >= 11 is 11.9. The van der Waals surface area contributed by atoms with Crippen molar-refractivity contribution < 1.29 is 24.2 Å². The maximum atomic E-state index is 11.9. The molecule has 0 aliphatic heterocycles. The van der Waals surface area contributed by atoms with E-state index in [2.05, 4.69) is 10.5 Å². The van der Waals surface area contributed by atoms with Crippen LogP contribution in [0.5, 0.6) is 11.5 Å². The predicted molar refractivity (Wildman–Crippen MR) is 102 cm³/mol. The van der Waals surface area contributed by atoms with Crippen molar-refractivity contribution in [1.29, 1.82) is 0 Å². The molecule has 0 atom stereocenters. The molecule has 0 saturated heterocycles. The van der Waals surface area contributed by atoms with E-state index in [1.165, 1.54) is 19.4 Å². The van der Waals surface area contributed by atoms with Crippen LogP contribution in [0.3, 0.4) is 0 Å². The maximum Gasteiger partial charge on any atom is 0.341 e. The van der Waals surface area contributed by atoms with Crippen LogP contribution in [-0.2, 0) is 16.0 Å². The fourth-order valence-electron chi connectivity index (χ4n) is 2.09. The van der Waals surface area contributed by atoms with Gasteiger partial charge >= 0.3 is 5.97 Å². The number of methoxy groups -OCH3 is 1. The van der Waals surface area contributed by atoms with E-state index < -0.39 is 12.6 Å². The topological polar surface area (TPSA) is 97.2 Å². The molecule has 0 spiro atoms. The zero-order valence-corrected chi connectivity index (χ0v) is 15.8. The average molecular weight is 411 g/mol. The van der Waals surface area contributed by atoms with Gasteiger partial charge in [0.25, 0.3) is 0 Å². The van der Waals surface area contributed by atoms with Gasteiger partial charge in [-0.1, -0.05) is 35.3 Å². The number of nitrogens with one attached hydrogen (secondary N) is 1. The van der Waals surface area contributed by atoms with Crippen molar-refractivity contribution in [2.24, 2.45) is 5.10 Å². The van der Waals surface area contributed by atoms with Crippen LogP contribution in [0.25, 0.3) is 0 Å². The lowest BCUT2D eigenvalue weighted by atomic mass is 10.1. The van der Waals surface area contributed by atoms with Gasteiger partial charge in [0.2, 0.25) is 5.91 Å². The quantitative estimate of drug-likeness (QED) is 0.514. The van der Waals surface area contributed by atoms with Crippen LogP contribution in [0.1, 0.15) is 11.1 Å². The minimum absolute atomic E-state index is 0.116. The molecule has 1 amide bonds. The summed E-state index contributed by atoms with van der Waals surface area (Å²) in [7, 11) is 1.40. The number of ether oxygens (including phenoxy) is 2. The first-order valence-electron chi connectivity index (χ1n) is 7.67. The predicted octanol–water partition coefficient (Wildman–Crippen LogP) is 3.16. The first kappa shape index (κ1) is 20.5. The number of carboxylic acids is 1. The van der Waals surface area contributed by atoms with E-state index in [4.69, 9.17) is 37.8 Å². The van der Waals surface area contributed by atoms with Crippen LogP contribution in [-0.4, -0.2) is 36.9 Å². The van der Waals surface area contributed by atoms with Crippen molar-refractivity contribution in [3.63, 3.8) is 0 Å². The third-order valence-electron chi connectivity index (χ3n) is 3.27. The fraction of sp³-hybridized carbons (Fsp3) is 0.167. The van der Waals surface area contributed by atoms with Crippen LogP contribution < -0.4 is 14.9 Å². The minimum Gasteiger partial charge on any atom is -0.493 e. The van der Waals surface area contributed by atoms with Crippen molar-refractivity contribution in [3.8, 4) is 11.5 Å². The Morgan fingerprint density at radius 2 is 1.93 bits per heavy atom. The Labute approximate surface area is 165 Å². The van der Waals surface area contributed by atoms with E-state index in [1.807, 2.05) is 0 Å². The summed E-state index contributed by atoms with van der Waals surface area (Å²) in [5, 5.41) is 13.3. The number of carbonyl (C=O) groups excluding carboxylic acids is 1. The number of benzene rings is 2. The summed E-state index contributed by atoms with van der Waals surface area (Å²) in [5.41, 5.74) is 3.75. The van der Waals surface area contributed by atoms with Crippen molar-refractivity contribution in [3.05, 3.63) is 57.6 Å². The van der Waals surface area contributed by atoms with Gasteiger partial charge in [-0.15, -0.1) is 0 Å². The van der Waals surface area contributed by atoms with Crippen LogP contribution >= 0.6 is 23.2 Å². The Morgan fingerprint density at radius 1 is 1.22 bits per heavy atom. The van der Waals surface area contributed by atoms with Gasteiger partial charge in [-0.3, -0.25) is 4.79 Å². The minimum atomic E-state index is -1.14. The summed E-state index contributed by atoms with van der Waals surface area (Å²) in [4.78, 5) is 22.5. The lowest BCUT2D eigenvalue weighted by Crippen LogP contribution is -2.19. The molecule has 2 aromatic rings. The molecule has 142 valence electrons. The van der Waals surface area contributed by atoms with Gasteiger partial charge in [0.1, 0.15) is 0 Å². The average Bonchev–Trinajstić information content (AvgIpc) is 2.62. The van der Waals surface area contributed by atoms with E-state index in [1.54, 1.807) is 30.3 Å². The van der Waals surface area contributed by atoms with Crippen LogP contribution in [0.15, 0.2) is 41.5 Å². The zero-order chi connectivity index (χ0) is 19.8. The number of halogens is 2. The molecular weight excluding hydrogens is 395 g/mol. The van der Waals surface area contributed by atoms with E-state index in [0.29, 0.717) is 10.6 Å². The molecular formula is C18H16Cl2N2O5. The lowest BCUT2D eigenvalue weighted by Gasteiger charge is -2.11. The molecule has 2 aromatic carbocycles. The molecule has 0 aromatic heterocycles. The van der Waals surface area contributed by atoms with Crippen LogP contribution in [0, 0.1) is 0 Å². The second-order valence-electron chi connectivity index (χ2n) is 5.31. The molecule has 0 heterocycles. The van der Waals surface area contributed by atoms with Crippen molar-refractivity contribution in [2.75, 3.05) is 13.7 Å². The summed E-state index contributed by atoms with van der Waals surface area (Å²) < 4.78 is 10.3. The fourth-order valence-corrected chi connectivity index (χ4v) is 2.49. The molecule has 0 saturated carbocycles. The standard InChI is InChI=1S/C18H16Cl2N2O5/c1-26-15-7-12(6-14(20)18(15)27-10-17(24)25)9-21-22-16(23)8-11-2-4-13(19)5-3-11/h2-7,9H,8,10H2,1H3,(H,22,23)(H,24,25)/b21-9-. The number of nitrogens with zero attached hydrogens (tertiary/aromatic N) is 1. The molecule has 0 unspecified atom stereocenters. The van der Waals surface area contributed by atoms with Crippen molar-refractivity contribution in [2.45, 2.75) is 6.42 Å². The van der Waals surface area contributed by atoms with E-state index in [-0.39, 0.29) is 28.8 Å². The molecule has 0 aliphatic carbocycles. The van der Waals surface area contributed by atoms with Crippen LogP contribution in [0.4, 0.5) is 0 Å². The summed E-state index contributed by atoms with van der Waals surface area (Å²) in [6.07, 6.45) is 1.54. The third kappa shape index (κ3) is 6.47. The summed E-state index contributed by atoms with van der Waals surface area (Å²) in [6, 6.07) is 9.98. The Morgan fingerprint density at radius 3 is 2.56 bits per heavy atom. The summed E-state index contributed by atoms with van der Waals surface area (Å²) in [6.45, 7) is -0.551. The Hall–Kier alpha value is -2.77.